The minimum Gasteiger partial charge on any atom is -0.492 e. The normalized spacial score (nSPS) is 16.9. The molecule has 27 heavy (non-hydrogen) atoms. The van der Waals surface area contributed by atoms with Gasteiger partial charge in [-0.2, -0.15) is 0 Å². The van der Waals surface area contributed by atoms with Crippen molar-refractivity contribution in [3.8, 4) is 5.75 Å². The molecule has 0 aliphatic carbocycles. The summed E-state index contributed by atoms with van der Waals surface area (Å²) in [5, 5.41) is 0. The van der Waals surface area contributed by atoms with Crippen LogP contribution in [0.1, 0.15) is 24.1 Å². The van der Waals surface area contributed by atoms with Gasteiger partial charge in [-0.3, -0.25) is 9.78 Å². The molecule has 144 valence electrons. The van der Waals surface area contributed by atoms with E-state index in [1.54, 1.807) is 6.20 Å². The topological polar surface area (TPSA) is 77.7 Å². The maximum Gasteiger partial charge on any atom is 0.227 e. The molecule has 1 aliphatic heterocycles. The lowest BCUT2D eigenvalue weighted by Gasteiger charge is -2.32. The average Bonchev–Trinajstić information content (AvgIpc) is 2.72. The number of ether oxygens (including phenoxy) is 2. The molecule has 1 amide bonds. The van der Waals surface area contributed by atoms with Crippen LogP contribution >= 0.6 is 0 Å². The lowest BCUT2D eigenvalue weighted by Crippen LogP contribution is -2.43. The van der Waals surface area contributed by atoms with Crippen LogP contribution in [0.4, 0.5) is 0 Å². The van der Waals surface area contributed by atoms with E-state index < -0.39 is 0 Å². The van der Waals surface area contributed by atoms with Gasteiger partial charge in [-0.1, -0.05) is 18.2 Å². The first-order valence-electron chi connectivity index (χ1n) is 9.45. The predicted molar refractivity (Wildman–Crippen MR) is 103 cm³/mol. The number of benzene rings is 1. The SMILES string of the molecule is NCCOc1cccc(CC(=O)N2CCC[C@@H](OCc3ccccn3)C2)c1. The Morgan fingerprint density at radius 2 is 2.19 bits per heavy atom. The molecule has 2 aromatic rings. The summed E-state index contributed by atoms with van der Waals surface area (Å²) >= 11 is 0. The maximum atomic E-state index is 12.7. The van der Waals surface area contributed by atoms with E-state index in [9.17, 15) is 4.79 Å². The lowest BCUT2D eigenvalue weighted by molar-refractivity contribution is -0.134. The number of carbonyl (C=O) groups excluding carboxylic acids is 1. The quantitative estimate of drug-likeness (QED) is 0.772. The van der Waals surface area contributed by atoms with Crippen molar-refractivity contribution >= 4 is 5.91 Å². The number of aromatic nitrogens is 1. The van der Waals surface area contributed by atoms with Gasteiger partial charge in [0, 0.05) is 25.8 Å². The molecule has 2 heterocycles. The number of amides is 1. The van der Waals surface area contributed by atoms with Crippen molar-refractivity contribution in [3.63, 3.8) is 0 Å². The van der Waals surface area contributed by atoms with Crippen molar-refractivity contribution in [1.29, 1.82) is 0 Å². The van der Waals surface area contributed by atoms with Gasteiger partial charge in [-0.15, -0.1) is 0 Å². The van der Waals surface area contributed by atoms with Gasteiger partial charge >= 0.3 is 0 Å². The zero-order valence-corrected chi connectivity index (χ0v) is 15.5. The number of nitrogens with two attached hydrogens (primary N) is 1. The fourth-order valence-corrected chi connectivity index (χ4v) is 3.20. The number of likely N-dealkylation sites (tertiary alicyclic amines) is 1. The van der Waals surface area contributed by atoms with Gasteiger partial charge in [-0.25, -0.2) is 0 Å². The van der Waals surface area contributed by atoms with Crippen LogP contribution in [0.15, 0.2) is 48.7 Å². The molecule has 6 nitrogen and oxygen atoms in total. The molecule has 0 radical (unpaired) electrons. The number of pyridine rings is 1. The number of nitrogens with zero attached hydrogens (tertiary/aromatic N) is 2. The summed E-state index contributed by atoms with van der Waals surface area (Å²) < 4.78 is 11.5. The molecular weight excluding hydrogens is 342 g/mol. The summed E-state index contributed by atoms with van der Waals surface area (Å²) in [7, 11) is 0. The van der Waals surface area contributed by atoms with Gasteiger partial charge in [0.15, 0.2) is 0 Å². The van der Waals surface area contributed by atoms with Gasteiger partial charge in [-0.05, 0) is 42.7 Å². The van der Waals surface area contributed by atoms with Crippen LogP contribution in [0.25, 0.3) is 0 Å². The first-order valence-corrected chi connectivity index (χ1v) is 9.45. The molecular formula is C21H27N3O3. The molecule has 1 aromatic heterocycles. The second-order valence-corrected chi connectivity index (χ2v) is 6.70. The number of carbonyl (C=O) groups is 1. The third kappa shape index (κ3) is 6.05. The second kappa shape index (κ2) is 10.0. The van der Waals surface area contributed by atoms with Crippen LogP contribution in [0.5, 0.6) is 5.75 Å². The minimum absolute atomic E-state index is 0.0592. The van der Waals surface area contributed by atoms with Crippen LogP contribution < -0.4 is 10.5 Å². The fraction of sp³-hybridized carbons (Fsp3) is 0.429. The molecule has 0 bridgehead atoms. The minimum atomic E-state index is 0.0592. The van der Waals surface area contributed by atoms with E-state index in [0.29, 0.717) is 32.7 Å². The van der Waals surface area contributed by atoms with E-state index in [1.165, 1.54) is 0 Å². The Bertz CT molecular complexity index is 724. The van der Waals surface area contributed by atoms with Crippen LogP contribution in [0, 0.1) is 0 Å². The monoisotopic (exact) mass is 369 g/mol. The van der Waals surface area contributed by atoms with E-state index in [1.807, 2.05) is 47.4 Å². The van der Waals surface area contributed by atoms with Crippen molar-refractivity contribution in [2.24, 2.45) is 5.73 Å². The van der Waals surface area contributed by atoms with Crippen molar-refractivity contribution in [1.82, 2.24) is 9.88 Å². The summed E-state index contributed by atoms with van der Waals surface area (Å²) in [5.41, 5.74) is 7.33. The molecule has 1 fully saturated rings. The molecule has 0 saturated carbocycles. The fourth-order valence-electron chi connectivity index (χ4n) is 3.20. The van der Waals surface area contributed by atoms with Crippen LogP contribution in [-0.4, -0.2) is 48.1 Å². The molecule has 0 spiro atoms. The van der Waals surface area contributed by atoms with Crippen molar-refractivity contribution < 1.29 is 14.3 Å². The number of hydrogen-bond acceptors (Lipinski definition) is 5. The third-order valence-corrected chi connectivity index (χ3v) is 4.56. The van der Waals surface area contributed by atoms with E-state index in [2.05, 4.69) is 4.98 Å². The summed E-state index contributed by atoms with van der Waals surface area (Å²) in [6, 6.07) is 13.4. The van der Waals surface area contributed by atoms with E-state index in [0.717, 1.165) is 36.4 Å². The van der Waals surface area contributed by atoms with Crippen molar-refractivity contribution in [2.75, 3.05) is 26.2 Å². The first-order chi connectivity index (χ1) is 13.2. The van der Waals surface area contributed by atoms with Crippen LogP contribution in [0.3, 0.4) is 0 Å². The molecule has 2 N–H and O–H groups in total. The molecule has 3 rings (SSSR count). The Balaban J connectivity index is 1.50. The summed E-state index contributed by atoms with van der Waals surface area (Å²) in [6.07, 6.45) is 4.12. The van der Waals surface area contributed by atoms with E-state index in [4.69, 9.17) is 15.2 Å². The highest BCUT2D eigenvalue weighted by atomic mass is 16.5. The predicted octanol–water partition coefficient (Wildman–Crippen LogP) is 2.17. The van der Waals surface area contributed by atoms with Gasteiger partial charge in [0.1, 0.15) is 12.4 Å². The Morgan fingerprint density at radius 3 is 3.00 bits per heavy atom. The van der Waals surface area contributed by atoms with Crippen molar-refractivity contribution in [2.45, 2.75) is 32.0 Å². The maximum absolute atomic E-state index is 12.7. The summed E-state index contributed by atoms with van der Waals surface area (Å²) in [6.45, 7) is 2.84. The highest BCUT2D eigenvalue weighted by molar-refractivity contribution is 5.79. The smallest absolute Gasteiger partial charge is 0.227 e. The molecule has 1 saturated heterocycles. The molecule has 0 unspecified atom stereocenters. The largest absolute Gasteiger partial charge is 0.492 e. The lowest BCUT2D eigenvalue weighted by atomic mass is 10.1. The van der Waals surface area contributed by atoms with Crippen molar-refractivity contribution in [3.05, 3.63) is 59.9 Å². The second-order valence-electron chi connectivity index (χ2n) is 6.70. The van der Waals surface area contributed by atoms with E-state index >= 15 is 0 Å². The average molecular weight is 369 g/mol. The van der Waals surface area contributed by atoms with Gasteiger partial charge in [0.2, 0.25) is 5.91 Å². The number of hydrogen-bond donors (Lipinski definition) is 1. The van der Waals surface area contributed by atoms with E-state index in [-0.39, 0.29) is 12.0 Å². The van der Waals surface area contributed by atoms with Gasteiger partial charge < -0.3 is 20.1 Å². The van der Waals surface area contributed by atoms with Crippen LogP contribution in [-0.2, 0) is 22.6 Å². The standard InChI is InChI=1S/C21H27N3O3/c22-9-12-26-19-7-3-5-17(13-19)14-21(25)24-11-4-8-20(15-24)27-16-18-6-1-2-10-23-18/h1-3,5-7,10,13,20H,4,8-9,11-12,14-16,22H2/t20-/m1/s1. The van der Waals surface area contributed by atoms with Gasteiger partial charge in [0.25, 0.3) is 0 Å². The summed E-state index contributed by atoms with van der Waals surface area (Å²) in [4.78, 5) is 18.9. The number of piperidine rings is 1. The zero-order chi connectivity index (χ0) is 18.9. The Morgan fingerprint density at radius 1 is 1.26 bits per heavy atom. The third-order valence-electron chi connectivity index (χ3n) is 4.56. The molecule has 1 aliphatic rings. The molecule has 6 heteroatoms. The molecule has 1 aromatic carbocycles. The Hall–Kier alpha value is -2.44. The number of rotatable bonds is 8. The van der Waals surface area contributed by atoms with Crippen LogP contribution in [0.2, 0.25) is 0 Å². The molecule has 1 atom stereocenters. The first kappa shape index (κ1) is 19.3. The Kier molecular flexibility index (Phi) is 7.19. The van der Waals surface area contributed by atoms with Gasteiger partial charge in [0.05, 0.1) is 24.8 Å². The zero-order valence-electron chi connectivity index (χ0n) is 15.5. The highest BCUT2D eigenvalue weighted by Gasteiger charge is 2.24. The summed E-state index contributed by atoms with van der Waals surface area (Å²) in [5.74, 6) is 0.873. The highest BCUT2D eigenvalue weighted by Crippen LogP contribution is 2.18. The Labute approximate surface area is 160 Å².